The van der Waals surface area contributed by atoms with E-state index in [-0.39, 0.29) is 5.41 Å². The normalized spacial score (nSPS) is 29.9. The molecule has 0 aromatic carbocycles. The Kier molecular flexibility index (Phi) is 4.70. The number of hydrogen-bond donors (Lipinski definition) is 0. The number of halogens is 1. The molecule has 0 atom stereocenters. The lowest BCUT2D eigenvalue weighted by molar-refractivity contribution is 0.446. The molecule has 101 valence electrons. The molecule has 2 rings (SSSR count). The molecule has 2 fully saturated rings. The van der Waals surface area contributed by atoms with Crippen molar-refractivity contribution >= 4 is 25.9 Å². The zero-order chi connectivity index (χ0) is 13.3. The lowest BCUT2D eigenvalue weighted by Crippen LogP contribution is -2.40. The van der Waals surface area contributed by atoms with Crippen LogP contribution in [-0.4, -0.2) is 14.8 Å². The molecule has 0 amide bonds. The van der Waals surface area contributed by atoms with Gasteiger partial charge >= 0.3 is 0 Å². The molecular formula is C15H27BClSi. The quantitative estimate of drug-likeness (QED) is 0.463. The minimum absolute atomic E-state index is 0.280. The first-order valence-electron chi connectivity index (χ1n) is 7.60. The Morgan fingerprint density at radius 3 is 1.89 bits per heavy atom. The molecule has 0 aromatic rings. The second-order valence-electron chi connectivity index (χ2n) is 7.41. The van der Waals surface area contributed by atoms with E-state index < -0.39 is 8.11 Å². The van der Waals surface area contributed by atoms with Gasteiger partial charge in [0.25, 0.3) is 0 Å². The fraction of sp³-hybridized carbons (Fsp3) is 0.867. The van der Waals surface area contributed by atoms with Gasteiger partial charge in [-0.3, -0.25) is 0 Å². The Labute approximate surface area is 120 Å². The van der Waals surface area contributed by atoms with Crippen LogP contribution in [0.1, 0.15) is 59.3 Å². The van der Waals surface area contributed by atoms with E-state index in [4.69, 9.17) is 11.1 Å². The van der Waals surface area contributed by atoms with Gasteiger partial charge < -0.3 is 0 Å². The highest BCUT2D eigenvalue weighted by molar-refractivity contribution is 7.16. The van der Waals surface area contributed by atoms with E-state index in [1.54, 1.807) is 5.10 Å². The number of hydrogen-bond acceptors (Lipinski definition) is 0. The van der Waals surface area contributed by atoms with E-state index in [0.29, 0.717) is 0 Å². The van der Waals surface area contributed by atoms with Crippen molar-refractivity contribution in [2.45, 2.75) is 77.5 Å². The molecule has 3 heteroatoms. The standard InChI is InChI=1S/C15H27BClSi/c1-15(2,3)11-14(18(4)17)16-12-7-5-8-13(16)10-6-9-12/h11-13H,5-10H2,1-4H3/b14-11-. The molecule has 2 heterocycles. The van der Waals surface area contributed by atoms with E-state index >= 15 is 0 Å². The summed E-state index contributed by atoms with van der Waals surface area (Å²) < 4.78 is 0. The van der Waals surface area contributed by atoms with E-state index in [1.165, 1.54) is 38.5 Å². The Bertz CT molecular complexity index is 297. The molecule has 0 nitrogen and oxygen atoms in total. The first-order chi connectivity index (χ1) is 8.38. The van der Waals surface area contributed by atoms with E-state index in [9.17, 15) is 0 Å². The molecule has 0 N–H and O–H groups in total. The third kappa shape index (κ3) is 3.45. The van der Waals surface area contributed by atoms with Crippen LogP contribution < -0.4 is 0 Å². The van der Waals surface area contributed by atoms with E-state index in [0.717, 1.165) is 18.3 Å². The maximum Gasteiger partial charge on any atom is 0.183 e. The van der Waals surface area contributed by atoms with Gasteiger partial charge in [-0.25, -0.2) is 0 Å². The maximum absolute atomic E-state index is 6.63. The van der Waals surface area contributed by atoms with Crippen LogP contribution in [0.2, 0.25) is 18.2 Å². The van der Waals surface area contributed by atoms with Crippen molar-refractivity contribution in [3.05, 3.63) is 11.2 Å². The minimum atomic E-state index is -0.812. The van der Waals surface area contributed by atoms with Gasteiger partial charge in [-0.05, 0) is 5.41 Å². The molecule has 2 saturated heterocycles. The summed E-state index contributed by atoms with van der Waals surface area (Å²) in [7, 11) is -0.812. The first-order valence-corrected chi connectivity index (χ1v) is 10.6. The predicted octanol–water partition coefficient (Wildman–Crippen LogP) is 5.50. The molecule has 2 aliphatic rings. The van der Waals surface area contributed by atoms with Crippen LogP contribution in [0.15, 0.2) is 11.2 Å². The molecular weight excluding hydrogens is 255 g/mol. The topological polar surface area (TPSA) is 0 Å². The van der Waals surface area contributed by atoms with E-state index in [1.807, 2.05) is 0 Å². The maximum atomic E-state index is 6.63. The number of rotatable bonds is 2. The average Bonchev–Trinajstić information content (AvgIpc) is 2.23. The number of fused-ring (bicyclic) bond motifs is 2. The van der Waals surface area contributed by atoms with Crippen molar-refractivity contribution in [2.75, 3.05) is 0 Å². The van der Waals surface area contributed by atoms with Gasteiger partial charge in [0.2, 0.25) is 0 Å². The molecule has 18 heavy (non-hydrogen) atoms. The summed E-state index contributed by atoms with van der Waals surface area (Å²) in [5.41, 5.74) is 0.280. The van der Waals surface area contributed by atoms with Gasteiger partial charge in [-0.1, -0.05) is 83.6 Å². The highest BCUT2D eigenvalue weighted by Gasteiger charge is 2.42. The third-order valence-corrected chi connectivity index (χ3v) is 6.59. The molecule has 1 radical (unpaired) electrons. The van der Waals surface area contributed by atoms with Gasteiger partial charge in [-0.2, -0.15) is 11.1 Å². The molecule has 2 bridgehead atoms. The highest BCUT2D eigenvalue weighted by atomic mass is 35.6. The summed E-state index contributed by atoms with van der Waals surface area (Å²) in [6.07, 6.45) is 11.3. The first kappa shape index (κ1) is 14.7. The van der Waals surface area contributed by atoms with Crippen molar-refractivity contribution in [1.29, 1.82) is 0 Å². The Hall–Kier alpha value is 0.312. The monoisotopic (exact) mass is 281 g/mol. The second-order valence-corrected chi connectivity index (χ2v) is 10.8. The second kappa shape index (κ2) is 5.75. The van der Waals surface area contributed by atoms with Crippen LogP contribution in [0.3, 0.4) is 0 Å². The van der Waals surface area contributed by atoms with Crippen LogP contribution in [0, 0.1) is 5.41 Å². The van der Waals surface area contributed by atoms with Crippen LogP contribution >= 0.6 is 11.1 Å². The molecule has 2 aliphatic heterocycles. The van der Waals surface area contributed by atoms with E-state index in [2.05, 4.69) is 33.4 Å². The van der Waals surface area contributed by atoms with Crippen molar-refractivity contribution < 1.29 is 0 Å². The van der Waals surface area contributed by atoms with Gasteiger partial charge in [0.05, 0.1) is 0 Å². The molecule has 0 saturated carbocycles. The fourth-order valence-electron chi connectivity index (χ4n) is 4.08. The number of allylic oxidation sites excluding steroid dienone is 1. The summed E-state index contributed by atoms with van der Waals surface area (Å²) in [5.74, 6) is 1.90. The van der Waals surface area contributed by atoms with Gasteiger partial charge in [0.1, 0.15) is 0 Å². The van der Waals surface area contributed by atoms with Crippen molar-refractivity contribution in [1.82, 2.24) is 0 Å². The largest absolute Gasteiger partial charge is 0.183 e. The summed E-state index contributed by atoms with van der Waals surface area (Å²) in [6.45, 7) is 10.0. The molecule has 0 unspecified atom stereocenters. The average molecular weight is 282 g/mol. The zero-order valence-electron chi connectivity index (χ0n) is 12.4. The lowest BCUT2D eigenvalue weighted by Gasteiger charge is -2.42. The summed E-state index contributed by atoms with van der Waals surface area (Å²) in [6, 6.07) is 0. The summed E-state index contributed by atoms with van der Waals surface area (Å²) >= 11 is 6.63. The Balaban J connectivity index is 2.27. The van der Waals surface area contributed by atoms with Crippen molar-refractivity contribution in [2.24, 2.45) is 5.41 Å². The van der Waals surface area contributed by atoms with Crippen molar-refractivity contribution in [3.63, 3.8) is 0 Å². The van der Waals surface area contributed by atoms with Gasteiger partial charge in [-0.15, -0.1) is 5.10 Å². The fourth-order valence-corrected chi connectivity index (χ4v) is 6.18. The van der Waals surface area contributed by atoms with Crippen LogP contribution in [0.4, 0.5) is 0 Å². The zero-order valence-corrected chi connectivity index (χ0v) is 14.2. The SMILES string of the molecule is C[Si](Cl)/C(=C\C(C)(C)C)B1C2CCCC1CCC2. The van der Waals surface area contributed by atoms with Crippen LogP contribution in [0.25, 0.3) is 0 Å². The Morgan fingerprint density at radius 1 is 1.11 bits per heavy atom. The molecule has 0 spiro atoms. The third-order valence-electron chi connectivity index (χ3n) is 4.66. The molecule has 0 aliphatic carbocycles. The van der Waals surface area contributed by atoms with Crippen LogP contribution in [0.5, 0.6) is 0 Å². The van der Waals surface area contributed by atoms with Gasteiger partial charge in [0.15, 0.2) is 14.8 Å². The lowest BCUT2D eigenvalue weighted by atomic mass is 9.27. The van der Waals surface area contributed by atoms with Gasteiger partial charge in [0, 0.05) is 0 Å². The molecule has 0 aromatic heterocycles. The Morgan fingerprint density at radius 2 is 1.56 bits per heavy atom. The predicted molar refractivity (Wildman–Crippen MR) is 86.0 cm³/mol. The summed E-state index contributed by atoms with van der Waals surface area (Å²) in [5, 5.41) is 1.66. The van der Waals surface area contributed by atoms with Crippen LogP contribution in [-0.2, 0) is 0 Å². The van der Waals surface area contributed by atoms with Crippen molar-refractivity contribution in [3.8, 4) is 0 Å². The smallest absolute Gasteiger partial charge is 0.164 e. The minimum Gasteiger partial charge on any atom is -0.164 e. The highest BCUT2D eigenvalue weighted by Crippen LogP contribution is 2.49. The summed E-state index contributed by atoms with van der Waals surface area (Å²) in [4.78, 5) is 0.